The predicted molar refractivity (Wildman–Crippen MR) is 105 cm³/mol. The molecule has 1 amide bonds. The Morgan fingerprint density at radius 3 is 2.48 bits per heavy atom. The van der Waals surface area contributed by atoms with E-state index in [9.17, 15) is 18.0 Å². The lowest BCUT2D eigenvalue weighted by molar-refractivity contribution is -0.116. The molecule has 0 aliphatic carbocycles. The normalized spacial score (nSPS) is 11.2. The number of nitrogens with zero attached hydrogens (tertiary/aromatic N) is 1. The van der Waals surface area contributed by atoms with Gasteiger partial charge in [0.15, 0.2) is 5.78 Å². The van der Waals surface area contributed by atoms with Crippen LogP contribution in [0.1, 0.15) is 22.8 Å². The molecule has 0 atom stereocenters. The number of amides is 1. The van der Waals surface area contributed by atoms with Gasteiger partial charge in [0.1, 0.15) is 0 Å². The quantitative estimate of drug-likeness (QED) is 0.558. The zero-order valence-electron chi connectivity index (χ0n) is 15.3. The third kappa shape index (κ3) is 5.35. The van der Waals surface area contributed by atoms with Gasteiger partial charge in [0, 0.05) is 17.8 Å². The van der Waals surface area contributed by atoms with Gasteiger partial charge < -0.3 is 5.32 Å². The highest BCUT2D eigenvalue weighted by molar-refractivity contribution is 7.89. The fraction of sp³-hybridized carbons (Fsp3) is 0.200. The standard InChI is InChI=1S/C20H22N2O4S/c1-4-11-22(27(25,26)19-10-5-7-15(2)12-19)14-20(24)21-18-9-6-8-17(13-18)16(3)23/h4-10,12-13H,1,11,14H2,2-3H3,(H,21,24). The van der Waals surface area contributed by atoms with Gasteiger partial charge in [-0.15, -0.1) is 6.58 Å². The number of carbonyl (C=O) groups is 2. The van der Waals surface area contributed by atoms with Crippen LogP contribution >= 0.6 is 0 Å². The monoisotopic (exact) mass is 386 g/mol. The van der Waals surface area contributed by atoms with E-state index >= 15 is 0 Å². The Labute approximate surface area is 159 Å². The number of sulfonamides is 1. The second-order valence-electron chi connectivity index (χ2n) is 6.09. The van der Waals surface area contributed by atoms with E-state index in [1.807, 2.05) is 0 Å². The lowest BCUT2D eigenvalue weighted by Crippen LogP contribution is -2.38. The number of rotatable bonds is 8. The van der Waals surface area contributed by atoms with Gasteiger partial charge in [-0.05, 0) is 43.7 Å². The summed E-state index contributed by atoms with van der Waals surface area (Å²) in [4.78, 5) is 24.0. The third-order valence-corrected chi connectivity index (χ3v) is 5.64. The summed E-state index contributed by atoms with van der Waals surface area (Å²) >= 11 is 0. The maximum absolute atomic E-state index is 12.9. The molecule has 0 radical (unpaired) electrons. The largest absolute Gasteiger partial charge is 0.325 e. The van der Waals surface area contributed by atoms with Crippen LogP contribution in [-0.4, -0.2) is 37.5 Å². The first-order valence-electron chi connectivity index (χ1n) is 8.32. The van der Waals surface area contributed by atoms with E-state index < -0.39 is 15.9 Å². The van der Waals surface area contributed by atoms with Crippen LogP contribution in [0.3, 0.4) is 0 Å². The molecule has 0 bridgehead atoms. The molecule has 0 spiro atoms. The van der Waals surface area contributed by atoms with Gasteiger partial charge in [0.05, 0.1) is 11.4 Å². The van der Waals surface area contributed by atoms with Crippen LogP contribution < -0.4 is 5.32 Å². The van der Waals surface area contributed by atoms with Crippen molar-refractivity contribution < 1.29 is 18.0 Å². The molecule has 142 valence electrons. The summed E-state index contributed by atoms with van der Waals surface area (Å²) in [5.74, 6) is -0.629. The summed E-state index contributed by atoms with van der Waals surface area (Å²) in [5, 5.41) is 2.63. The van der Waals surface area contributed by atoms with Crippen LogP contribution in [0, 0.1) is 6.92 Å². The molecule has 2 rings (SSSR count). The Bertz CT molecular complexity index is 967. The SMILES string of the molecule is C=CCN(CC(=O)Nc1cccc(C(C)=O)c1)S(=O)(=O)c1cccc(C)c1. The smallest absolute Gasteiger partial charge is 0.243 e. The van der Waals surface area contributed by atoms with Crippen LogP contribution in [-0.2, 0) is 14.8 Å². The third-order valence-electron chi connectivity index (χ3n) is 3.83. The summed E-state index contributed by atoms with van der Waals surface area (Å²) in [7, 11) is -3.85. The second-order valence-corrected chi connectivity index (χ2v) is 8.03. The maximum Gasteiger partial charge on any atom is 0.243 e. The predicted octanol–water partition coefficient (Wildman–Crippen LogP) is 3.01. The number of hydrogen-bond donors (Lipinski definition) is 1. The molecule has 0 aliphatic rings. The van der Waals surface area contributed by atoms with E-state index in [0.717, 1.165) is 9.87 Å². The molecule has 0 saturated heterocycles. The van der Waals surface area contributed by atoms with Crippen molar-refractivity contribution in [3.8, 4) is 0 Å². The van der Waals surface area contributed by atoms with Gasteiger partial charge in [0.25, 0.3) is 0 Å². The first kappa shape index (κ1) is 20.5. The number of aryl methyl sites for hydroxylation is 1. The minimum atomic E-state index is -3.85. The van der Waals surface area contributed by atoms with E-state index in [-0.39, 0.29) is 23.8 Å². The molecule has 0 heterocycles. The molecule has 7 heteroatoms. The van der Waals surface area contributed by atoms with Gasteiger partial charge in [-0.1, -0.05) is 30.3 Å². The first-order chi connectivity index (χ1) is 12.7. The Hall–Kier alpha value is -2.77. The van der Waals surface area contributed by atoms with Crippen molar-refractivity contribution in [3.63, 3.8) is 0 Å². The van der Waals surface area contributed by atoms with Crippen molar-refractivity contribution in [1.29, 1.82) is 0 Å². The van der Waals surface area contributed by atoms with E-state index in [0.29, 0.717) is 11.3 Å². The fourth-order valence-corrected chi connectivity index (χ4v) is 3.97. The molecule has 6 nitrogen and oxygen atoms in total. The van der Waals surface area contributed by atoms with Gasteiger partial charge in [-0.3, -0.25) is 9.59 Å². The van der Waals surface area contributed by atoms with Crippen molar-refractivity contribution in [2.24, 2.45) is 0 Å². The summed E-state index contributed by atoms with van der Waals surface area (Å²) in [6, 6.07) is 13.0. The molecule has 1 N–H and O–H groups in total. The highest BCUT2D eigenvalue weighted by Gasteiger charge is 2.25. The molecule has 0 aromatic heterocycles. The minimum Gasteiger partial charge on any atom is -0.325 e. The highest BCUT2D eigenvalue weighted by Crippen LogP contribution is 2.17. The molecule has 2 aromatic carbocycles. The lowest BCUT2D eigenvalue weighted by atomic mass is 10.1. The Morgan fingerprint density at radius 1 is 1.15 bits per heavy atom. The number of anilines is 1. The Morgan fingerprint density at radius 2 is 1.85 bits per heavy atom. The highest BCUT2D eigenvalue weighted by atomic mass is 32.2. The molecule has 2 aromatic rings. The summed E-state index contributed by atoms with van der Waals surface area (Å²) in [6.45, 7) is 6.43. The van der Waals surface area contributed by atoms with Gasteiger partial charge in [-0.2, -0.15) is 4.31 Å². The zero-order valence-corrected chi connectivity index (χ0v) is 16.1. The van der Waals surface area contributed by atoms with Crippen molar-refractivity contribution in [2.45, 2.75) is 18.7 Å². The minimum absolute atomic E-state index is 0.00280. The molecular formula is C20H22N2O4S. The maximum atomic E-state index is 12.9. The number of benzene rings is 2. The Kier molecular flexibility index (Phi) is 6.65. The van der Waals surface area contributed by atoms with E-state index in [2.05, 4.69) is 11.9 Å². The number of carbonyl (C=O) groups excluding carboxylic acids is 2. The van der Waals surface area contributed by atoms with Crippen LogP contribution in [0.15, 0.2) is 66.1 Å². The molecule has 0 aliphatic heterocycles. The number of nitrogens with one attached hydrogen (secondary N) is 1. The van der Waals surface area contributed by atoms with Crippen molar-refractivity contribution in [2.75, 3.05) is 18.4 Å². The van der Waals surface area contributed by atoms with E-state index in [4.69, 9.17) is 0 Å². The van der Waals surface area contributed by atoms with Crippen molar-refractivity contribution >= 4 is 27.4 Å². The molecule has 0 fully saturated rings. The molecular weight excluding hydrogens is 364 g/mol. The summed E-state index contributed by atoms with van der Waals surface area (Å²) in [6.07, 6.45) is 1.43. The van der Waals surface area contributed by atoms with E-state index in [1.165, 1.54) is 19.1 Å². The number of Topliss-reactive ketones (excluding diaryl/α,β-unsaturated/α-hetero) is 1. The topological polar surface area (TPSA) is 83.6 Å². The van der Waals surface area contributed by atoms with E-state index in [1.54, 1.807) is 49.4 Å². The number of hydrogen-bond acceptors (Lipinski definition) is 4. The van der Waals surface area contributed by atoms with Crippen molar-refractivity contribution in [3.05, 3.63) is 72.3 Å². The molecule has 0 unspecified atom stereocenters. The van der Waals surface area contributed by atoms with Gasteiger partial charge >= 0.3 is 0 Å². The first-order valence-corrected chi connectivity index (χ1v) is 9.76. The average Bonchev–Trinajstić information content (AvgIpc) is 2.61. The number of ketones is 1. The van der Waals surface area contributed by atoms with Gasteiger partial charge in [0.2, 0.25) is 15.9 Å². The van der Waals surface area contributed by atoms with Crippen molar-refractivity contribution in [1.82, 2.24) is 4.31 Å². The van der Waals surface area contributed by atoms with Gasteiger partial charge in [-0.25, -0.2) is 8.42 Å². The Balaban J connectivity index is 2.20. The molecule has 0 saturated carbocycles. The fourth-order valence-electron chi connectivity index (χ4n) is 2.49. The summed E-state index contributed by atoms with van der Waals surface area (Å²) in [5.41, 5.74) is 1.70. The second kappa shape index (κ2) is 8.75. The zero-order chi connectivity index (χ0) is 20.0. The van der Waals surface area contributed by atoms with Crippen LogP contribution in [0.5, 0.6) is 0 Å². The van der Waals surface area contributed by atoms with Crippen LogP contribution in [0.25, 0.3) is 0 Å². The summed E-state index contributed by atoms with van der Waals surface area (Å²) < 4.78 is 26.8. The van der Waals surface area contributed by atoms with Crippen LogP contribution in [0.4, 0.5) is 5.69 Å². The molecule has 27 heavy (non-hydrogen) atoms. The average molecular weight is 386 g/mol. The van der Waals surface area contributed by atoms with Crippen LogP contribution in [0.2, 0.25) is 0 Å². The lowest BCUT2D eigenvalue weighted by Gasteiger charge is -2.20.